The monoisotopic (exact) mass is 378 g/mol. The van der Waals surface area contributed by atoms with Gasteiger partial charge in [0.25, 0.3) is 0 Å². The first-order chi connectivity index (χ1) is 12.2. The second-order valence-electron chi connectivity index (χ2n) is 9.46. The summed E-state index contributed by atoms with van der Waals surface area (Å²) in [7, 11) is 0. The van der Waals surface area contributed by atoms with Gasteiger partial charge in [0.15, 0.2) is 0 Å². The van der Waals surface area contributed by atoms with Crippen LogP contribution in [0.2, 0.25) is 0 Å². The highest BCUT2D eigenvalue weighted by atomic mass is 32.2. The van der Waals surface area contributed by atoms with Gasteiger partial charge in [0.05, 0.1) is 10.2 Å². The van der Waals surface area contributed by atoms with Crippen molar-refractivity contribution >= 4 is 23.5 Å². The number of aliphatic hydroxyl groups excluding tert-OH is 1. The molecule has 140 valence electrons. The van der Waals surface area contributed by atoms with Gasteiger partial charge in [-0.3, -0.25) is 0 Å². The molecule has 1 saturated heterocycles. The highest BCUT2D eigenvalue weighted by Gasteiger charge is 2.58. The first kappa shape index (κ1) is 17.5. The van der Waals surface area contributed by atoms with Gasteiger partial charge in [-0.05, 0) is 86.9 Å². The van der Waals surface area contributed by atoms with Crippen molar-refractivity contribution in [2.24, 2.45) is 29.1 Å². The molecule has 25 heavy (non-hydrogen) atoms. The van der Waals surface area contributed by atoms with Crippen molar-refractivity contribution in [3.63, 3.8) is 0 Å². The lowest BCUT2D eigenvalue weighted by molar-refractivity contribution is -0.0705. The molecule has 4 fully saturated rings. The van der Waals surface area contributed by atoms with Crippen molar-refractivity contribution in [1.29, 1.82) is 0 Å². The summed E-state index contributed by atoms with van der Waals surface area (Å²) in [5.41, 5.74) is 2.14. The highest BCUT2D eigenvalue weighted by Crippen LogP contribution is 2.65. The summed E-state index contributed by atoms with van der Waals surface area (Å²) in [6, 6.07) is 0. The Morgan fingerprint density at radius 1 is 1.04 bits per heavy atom. The van der Waals surface area contributed by atoms with Crippen molar-refractivity contribution in [3.8, 4) is 0 Å². The van der Waals surface area contributed by atoms with Crippen LogP contribution in [0.1, 0.15) is 71.1 Å². The van der Waals surface area contributed by atoms with Crippen molar-refractivity contribution in [2.75, 3.05) is 11.5 Å². The molecule has 5 aliphatic rings. The van der Waals surface area contributed by atoms with Gasteiger partial charge in [-0.2, -0.15) is 0 Å². The van der Waals surface area contributed by atoms with E-state index in [0.29, 0.717) is 9.49 Å². The number of hydrogen-bond acceptors (Lipinski definition) is 3. The number of rotatable bonds is 2. The molecule has 1 aliphatic heterocycles. The smallest absolute Gasteiger partial charge is 0.0794 e. The van der Waals surface area contributed by atoms with Gasteiger partial charge in [-0.15, -0.1) is 23.5 Å². The standard InChI is InChI=1S/C22H34OS2/c1-2-9-21-10-7-17-16-8-11-22(24-12-13-25-22)14-15(16)3-4-18(17)19(21)5-6-20(21)23/h14,16-20,23H,2-13H2,1H3/t16-,17+,18+,19-,20-,21-/m0/s1. The molecule has 6 atom stereocenters. The predicted octanol–water partition coefficient (Wildman–Crippen LogP) is 5.88. The summed E-state index contributed by atoms with van der Waals surface area (Å²) in [5, 5.41) is 10.9. The van der Waals surface area contributed by atoms with Crippen LogP contribution in [0.25, 0.3) is 0 Å². The average molecular weight is 379 g/mol. The molecule has 5 rings (SSSR count). The van der Waals surface area contributed by atoms with Crippen molar-refractivity contribution in [2.45, 2.75) is 81.3 Å². The van der Waals surface area contributed by atoms with Crippen molar-refractivity contribution in [1.82, 2.24) is 0 Å². The maximum absolute atomic E-state index is 10.9. The molecule has 0 amide bonds. The van der Waals surface area contributed by atoms with E-state index in [2.05, 4.69) is 36.5 Å². The van der Waals surface area contributed by atoms with E-state index in [0.717, 1.165) is 30.1 Å². The molecule has 4 aliphatic carbocycles. The Hall–Kier alpha value is 0.400. The number of fused-ring (bicyclic) bond motifs is 5. The highest BCUT2D eigenvalue weighted by molar-refractivity contribution is 8.21. The normalized spacial score (nSPS) is 47.9. The molecule has 0 aromatic rings. The number of hydrogen-bond donors (Lipinski definition) is 1. The van der Waals surface area contributed by atoms with Crippen LogP contribution < -0.4 is 0 Å². The van der Waals surface area contributed by atoms with Crippen LogP contribution in [-0.2, 0) is 0 Å². The maximum Gasteiger partial charge on any atom is 0.0794 e. The third-order valence-electron chi connectivity index (χ3n) is 8.62. The minimum absolute atomic E-state index is 0.00347. The molecule has 0 aromatic carbocycles. The average Bonchev–Trinajstić information content (AvgIpc) is 3.20. The lowest BCUT2D eigenvalue weighted by Gasteiger charge is -2.55. The number of aliphatic hydroxyl groups is 1. The van der Waals surface area contributed by atoms with Crippen LogP contribution >= 0.6 is 23.5 Å². The summed E-state index contributed by atoms with van der Waals surface area (Å²) < 4.78 is 0.461. The number of allylic oxidation sites excluding steroid dienone is 1. The van der Waals surface area contributed by atoms with E-state index in [-0.39, 0.29) is 6.10 Å². The number of thioether (sulfide) groups is 2. The molecule has 0 aromatic heterocycles. The Balaban J connectivity index is 1.41. The van der Waals surface area contributed by atoms with E-state index >= 15 is 0 Å². The van der Waals surface area contributed by atoms with Gasteiger partial charge in [-0.1, -0.05) is 25.0 Å². The topological polar surface area (TPSA) is 20.2 Å². The third kappa shape index (κ3) is 2.62. The van der Waals surface area contributed by atoms with E-state index in [1.54, 1.807) is 0 Å². The van der Waals surface area contributed by atoms with Gasteiger partial charge in [0.1, 0.15) is 0 Å². The molecule has 0 radical (unpaired) electrons. The van der Waals surface area contributed by atoms with Gasteiger partial charge in [0, 0.05) is 11.5 Å². The van der Waals surface area contributed by atoms with E-state index < -0.39 is 0 Å². The molecule has 1 nitrogen and oxygen atoms in total. The molecule has 3 saturated carbocycles. The fourth-order valence-electron chi connectivity index (χ4n) is 7.74. The van der Waals surface area contributed by atoms with Gasteiger partial charge in [0.2, 0.25) is 0 Å². The Morgan fingerprint density at radius 3 is 2.68 bits per heavy atom. The van der Waals surface area contributed by atoms with E-state index in [9.17, 15) is 5.11 Å². The molecular weight excluding hydrogens is 344 g/mol. The maximum atomic E-state index is 10.9. The van der Waals surface area contributed by atoms with Crippen LogP contribution in [-0.4, -0.2) is 26.8 Å². The lowest BCUT2D eigenvalue weighted by Crippen LogP contribution is -2.49. The fraction of sp³-hybridized carbons (Fsp3) is 0.909. The summed E-state index contributed by atoms with van der Waals surface area (Å²) >= 11 is 4.45. The molecule has 1 heterocycles. The zero-order valence-electron chi connectivity index (χ0n) is 15.7. The summed E-state index contributed by atoms with van der Waals surface area (Å²) in [5.74, 6) is 6.28. The van der Waals surface area contributed by atoms with E-state index in [4.69, 9.17) is 0 Å². The molecular formula is C22H34OS2. The Labute approximate surface area is 162 Å². The quantitative estimate of drug-likeness (QED) is 0.606. The molecule has 3 heteroatoms. The largest absolute Gasteiger partial charge is 0.393 e. The third-order valence-corrected chi connectivity index (χ3v) is 12.0. The van der Waals surface area contributed by atoms with Crippen LogP contribution in [0, 0.1) is 29.1 Å². The molecule has 1 N–H and O–H groups in total. The van der Waals surface area contributed by atoms with Crippen LogP contribution in [0.3, 0.4) is 0 Å². The second-order valence-corrected chi connectivity index (χ2v) is 12.6. The first-order valence-corrected chi connectivity index (χ1v) is 12.8. The molecule has 1 spiro atoms. The summed E-state index contributed by atoms with van der Waals surface area (Å²) in [6.07, 6.45) is 16.0. The fourth-order valence-corrected chi connectivity index (χ4v) is 10.9. The van der Waals surface area contributed by atoms with Gasteiger partial charge < -0.3 is 5.11 Å². The van der Waals surface area contributed by atoms with Crippen molar-refractivity contribution in [3.05, 3.63) is 11.6 Å². The first-order valence-electron chi connectivity index (χ1n) is 10.8. The molecule has 0 unspecified atom stereocenters. The summed E-state index contributed by atoms with van der Waals surface area (Å²) in [4.78, 5) is 0. The van der Waals surface area contributed by atoms with Crippen LogP contribution in [0.4, 0.5) is 0 Å². The SMILES string of the molecule is CCC[C@]12CC[C@H]3[C@@H](CCC4=CC5(CC[C@@H]43)SCCS5)[C@@H]1CC[C@@H]2O. The molecule has 0 bridgehead atoms. The van der Waals surface area contributed by atoms with E-state index in [1.165, 1.54) is 69.3 Å². The Morgan fingerprint density at radius 2 is 1.88 bits per heavy atom. The van der Waals surface area contributed by atoms with Gasteiger partial charge >= 0.3 is 0 Å². The zero-order valence-corrected chi connectivity index (χ0v) is 17.3. The second kappa shape index (κ2) is 6.48. The van der Waals surface area contributed by atoms with Crippen LogP contribution in [0.5, 0.6) is 0 Å². The zero-order chi connectivity index (χ0) is 17.1. The Kier molecular flexibility index (Phi) is 4.54. The van der Waals surface area contributed by atoms with Crippen LogP contribution in [0.15, 0.2) is 11.6 Å². The van der Waals surface area contributed by atoms with Crippen molar-refractivity contribution < 1.29 is 5.11 Å². The van der Waals surface area contributed by atoms with Gasteiger partial charge in [-0.25, -0.2) is 0 Å². The Bertz CT molecular complexity index is 552. The lowest BCUT2D eigenvalue weighted by atomic mass is 9.51. The minimum Gasteiger partial charge on any atom is -0.393 e. The van der Waals surface area contributed by atoms with E-state index in [1.807, 2.05) is 5.57 Å². The predicted molar refractivity (Wildman–Crippen MR) is 110 cm³/mol. The summed E-state index contributed by atoms with van der Waals surface area (Å²) in [6.45, 7) is 2.32. The minimum atomic E-state index is -0.00347.